The number of nitrogens with one attached hydrogen (secondary N) is 2. The van der Waals surface area contributed by atoms with Crippen LogP contribution in [0.1, 0.15) is 68.7 Å². The summed E-state index contributed by atoms with van der Waals surface area (Å²) in [4.78, 5) is 40.5. The van der Waals surface area contributed by atoms with Gasteiger partial charge in [0.1, 0.15) is 16.8 Å². The number of nitrogens with zero attached hydrogens (tertiary/aromatic N) is 2. The third kappa shape index (κ3) is 14.1. The highest BCUT2D eigenvalue weighted by Gasteiger charge is 2.25. The first-order valence-electron chi connectivity index (χ1n) is 9.44. The monoisotopic (exact) mass is 426 g/mol. The summed E-state index contributed by atoms with van der Waals surface area (Å²) in [6.07, 6.45) is 2.81. The van der Waals surface area contributed by atoms with E-state index in [0.717, 1.165) is 5.01 Å². The normalized spacial score (nSPS) is 12.3. The second kappa shape index (κ2) is 10.7. The Morgan fingerprint density at radius 2 is 1.40 bits per heavy atom. The van der Waals surface area contributed by atoms with Crippen LogP contribution < -0.4 is 10.7 Å². The molecular formula is C20H34N4O6. The number of guanidine groups is 1. The van der Waals surface area contributed by atoms with Crippen LogP contribution in [-0.2, 0) is 14.2 Å². The minimum Gasteiger partial charge on any atom is -0.444 e. The SMILES string of the molecule is C#CCCN(N/C(=N/C(=O)OC(C)(C)C)NC(=O)OC(C)(C)C)C(=O)OC(C)(C)C. The number of carbonyl (C=O) groups excluding carboxylic acids is 3. The lowest BCUT2D eigenvalue weighted by Gasteiger charge is -2.28. The molecule has 0 fully saturated rings. The van der Waals surface area contributed by atoms with Crippen molar-refractivity contribution in [2.45, 2.75) is 85.5 Å². The van der Waals surface area contributed by atoms with E-state index in [1.807, 2.05) is 0 Å². The van der Waals surface area contributed by atoms with Crippen LogP contribution in [0.25, 0.3) is 0 Å². The maximum Gasteiger partial charge on any atom is 0.437 e. The van der Waals surface area contributed by atoms with Gasteiger partial charge in [0.2, 0.25) is 5.96 Å². The second-order valence-electron chi connectivity index (χ2n) is 9.27. The standard InChI is InChI=1S/C20H34N4O6/c1-11-12-13-24(17(27)30-20(8,9)10)23-14(21-15(25)28-18(2,3)4)22-16(26)29-19(5,6)7/h1H,12-13H2,2-10H3,(H2,21,22,23,25,26). The van der Waals surface area contributed by atoms with Crippen LogP contribution in [0.4, 0.5) is 14.4 Å². The third-order valence-corrected chi connectivity index (χ3v) is 2.55. The molecule has 10 heteroatoms. The zero-order chi connectivity index (χ0) is 23.8. The highest BCUT2D eigenvalue weighted by molar-refractivity contribution is 5.99. The zero-order valence-electron chi connectivity index (χ0n) is 19.3. The van der Waals surface area contributed by atoms with Gasteiger partial charge in [0.05, 0.1) is 6.54 Å². The fourth-order valence-corrected chi connectivity index (χ4v) is 1.67. The first kappa shape index (κ1) is 27.0. The van der Waals surface area contributed by atoms with Crippen molar-refractivity contribution in [1.82, 2.24) is 15.8 Å². The van der Waals surface area contributed by atoms with Gasteiger partial charge in [-0.2, -0.15) is 0 Å². The van der Waals surface area contributed by atoms with Crippen LogP contribution >= 0.6 is 0 Å². The van der Waals surface area contributed by atoms with Crippen LogP contribution in [0.2, 0.25) is 0 Å². The second-order valence-corrected chi connectivity index (χ2v) is 9.27. The van der Waals surface area contributed by atoms with E-state index in [9.17, 15) is 14.4 Å². The van der Waals surface area contributed by atoms with Crippen LogP contribution in [-0.4, -0.2) is 52.6 Å². The predicted octanol–water partition coefficient (Wildman–Crippen LogP) is 3.57. The Morgan fingerprint density at radius 1 is 0.900 bits per heavy atom. The Morgan fingerprint density at radius 3 is 1.83 bits per heavy atom. The van der Waals surface area contributed by atoms with Crippen molar-refractivity contribution in [2.24, 2.45) is 4.99 Å². The van der Waals surface area contributed by atoms with Crippen LogP contribution in [0.5, 0.6) is 0 Å². The maximum absolute atomic E-state index is 12.5. The first-order chi connectivity index (χ1) is 13.4. The molecule has 0 rings (SSSR count). The van der Waals surface area contributed by atoms with E-state index in [2.05, 4.69) is 21.7 Å². The number of terminal acetylenes is 1. The van der Waals surface area contributed by atoms with Crippen molar-refractivity contribution in [2.75, 3.05) is 6.54 Å². The number of amides is 3. The van der Waals surface area contributed by atoms with E-state index in [1.165, 1.54) is 0 Å². The molecule has 0 aromatic heterocycles. The van der Waals surface area contributed by atoms with Crippen molar-refractivity contribution in [3.05, 3.63) is 0 Å². The van der Waals surface area contributed by atoms with Gasteiger partial charge in [-0.15, -0.1) is 17.3 Å². The molecule has 0 bridgehead atoms. The molecular weight excluding hydrogens is 392 g/mol. The van der Waals surface area contributed by atoms with E-state index in [1.54, 1.807) is 62.3 Å². The van der Waals surface area contributed by atoms with E-state index in [-0.39, 0.29) is 18.9 Å². The van der Waals surface area contributed by atoms with Gasteiger partial charge in [0.15, 0.2) is 0 Å². The Bertz CT molecular complexity index is 690. The molecule has 0 atom stereocenters. The molecule has 0 aliphatic heterocycles. The number of ether oxygens (including phenoxy) is 3. The molecule has 0 saturated carbocycles. The lowest BCUT2D eigenvalue weighted by molar-refractivity contribution is 0.0188. The zero-order valence-corrected chi connectivity index (χ0v) is 19.3. The highest BCUT2D eigenvalue weighted by Crippen LogP contribution is 2.11. The van der Waals surface area contributed by atoms with Crippen molar-refractivity contribution in [1.29, 1.82) is 0 Å². The molecule has 0 heterocycles. The largest absolute Gasteiger partial charge is 0.444 e. The molecule has 0 aromatic rings. The smallest absolute Gasteiger partial charge is 0.437 e. The van der Waals surface area contributed by atoms with Crippen molar-refractivity contribution < 1.29 is 28.6 Å². The summed E-state index contributed by atoms with van der Waals surface area (Å²) in [7, 11) is 0. The fourth-order valence-electron chi connectivity index (χ4n) is 1.67. The molecule has 0 aliphatic carbocycles. The summed E-state index contributed by atoms with van der Waals surface area (Å²) in [6, 6.07) is 0. The minimum absolute atomic E-state index is 0.0226. The third-order valence-electron chi connectivity index (χ3n) is 2.55. The van der Waals surface area contributed by atoms with E-state index in [4.69, 9.17) is 20.6 Å². The van der Waals surface area contributed by atoms with Crippen LogP contribution in [0, 0.1) is 12.3 Å². The van der Waals surface area contributed by atoms with Gasteiger partial charge in [-0.25, -0.2) is 19.4 Å². The molecule has 30 heavy (non-hydrogen) atoms. The number of aliphatic imine (C=N–C) groups is 1. The Balaban J connectivity index is 5.70. The molecule has 2 N–H and O–H groups in total. The lowest BCUT2D eigenvalue weighted by atomic mass is 10.2. The summed E-state index contributed by atoms with van der Waals surface area (Å²) >= 11 is 0. The molecule has 3 amide bonds. The molecule has 10 nitrogen and oxygen atoms in total. The summed E-state index contributed by atoms with van der Waals surface area (Å²) in [5.74, 6) is 2.01. The number of alkyl carbamates (subject to hydrolysis) is 1. The van der Waals surface area contributed by atoms with E-state index < -0.39 is 35.1 Å². The average molecular weight is 427 g/mol. The Labute approximate surface area is 178 Å². The predicted molar refractivity (Wildman–Crippen MR) is 113 cm³/mol. The first-order valence-corrected chi connectivity index (χ1v) is 9.44. The summed E-state index contributed by atoms with van der Waals surface area (Å²) in [5.41, 5.74) is 0.152. The van der Waals surface area contributed by atoms with Gasteiger partial charge in [0, 0.05) is 6.42 Å². The quantitative estimate of drug-likeness (QED) is 0.228. The molecule has 0 unspecified atom stereocenters. The molecule has 170 valence electrons. The maximum atomic E-state index is 12.5. The topological polar surface area (TPSA) is 119 Å². The molecule has 0 aliphatic rings. The number of hydrazine groups is 1. The van der Waals surface area contributed by atoms with Gasteiger partial charge < -0.3 is 14.2 Å². The lowest BCUT2D eigenvalue weighted by Crippen LogP contribution is -2.54. The highest BCUT2D eigenvalue weighted by atomic mass is 16.6. The number of hydrogen-bond donors (Lipinski definition) is 2. The summed E-state index contributed by atoms with van der Waals surface area (Å²) in [5, 5.41) is 3.28. The van der Waals surface area contributed by atoms with Gasteiger partial charge in [0.25, 0.3) is 0 Å². The summed E-state index contributed by atoms with van der Waals surface area (Å²) < 4.78 is 15.6. The van der Waals surface area contributed by atoms with Gasteiger partial charge in [-0.05, 0) is 62.3 Å². The number of hydrogen-bond acceptors (Lipinski definition) is 6. The molecule has 0 saturated heterocycles. The summed E-state index contributed by atoms with van der Waals surface area (Å²) in [6.45, 7) is 15.1. The van der Waals surface area contributed by atoms with Crippen LogP contribution in [0.3, 0.4) is 0 Å². The van der Waals surface area contributed by atoms with Crippen LogP contribution in [0.15, 0.2) is 4.99 Å². The van der Waals surface area contributed by atoms with E-state index >= 15 is 0 Å². The molecule has 0 spiro atoms. The van der Waals surface area contributed by atoms with E-state index in [0.29, 0.717) is 0 Å². The minimum atomic E-state index is -0.984. The fraction of sp³-hybridized carbons (Fsp3) is 0.700. The Hall–Kier alpha value is -2.96. The average Bonchev–Trinajstić information content (AvgIpc) is 2.45. The van der Waals surface area contributed by atoms with Gasteiger partial charge >= 0.3 is 18.3 Å². The van der Waals surface area contributed by atoms with Crippen molar-refractivity contribution >= 4 is 24.2 Å². The Kier molecular flexibility index (Phi) is 9.66. The van der Waals surface area contributed by atoms with Gasteiger partial charge in [-0.1, -0.05) is 0 Å². The van der Waals surface area contributed by atoms with Crippen molar-refractivity contribution in [3.63, 3.8) is 0 Å². The number of rotatable bonds is 2. The number of carbonyl (C=O) groups is 3. The van der Waals surface area contributed by atoms with Crippen molar-refractivity contribution in [3.8, 4) is 12.3 Å². The molecule has 0 aromatic carbocycles. The molecule has 0 radical (unpaired) electrons. The van der Waals surface area contributed by atoms with Gasteiger partial charge in [-0.3, -0.25) is 10.7 Å².